The highest BCUT2D eigenvalue weighted by molar-refractivity contribution is 7.97. The summed E-state index contributed by atoms with van der Waals surface area (Å²) in [6.07, 6.45) is 3.20. The molecule has 0 aromatic carbocycles. The molecule has 1 amide bonds. The molecule has 2 aromatic heterocycles. The fraction of sp³-hybridized carbons (Fsp3) is 0.250. The van der Waals surface area contributed by atoms with Crippen molar-refractivity contribution in [2.75, 3.05) is 6.26 Å². The average Bonchev–Trinajstić information content (AvgIpc) is 2.86. The van der Waals surface area contributed by atoms with E-state index in [0.717, 1.165) is 0 Å². The molecule has 2 rings (SSSR count). The summed E-state index contributed by atoms with van der Waals surface area (Å²) in [6.45, 7) is 0.00348. The van der Waals surface area contributed by atoms with Gasteiger partial charge in [-0.05, 0) is 18.4 Å². The van der Waals surface area contributed by atoms with E-state index in [-0.39, 0.29) is 17.9 Å². The maximum Gasteiger partial charge on any atom is 0.325 e. The molecule has 0 fully saturated rings. The molecular weight excluding hydrogens is 282 g/mol. The van der Waals surface area contributed by atoms with Crippen LogP contribution in [0.1, 0.15) is 21.9 Å². The second kappa shape index (κ2) is 6.29. The molecule has 2 heterocycles. The van der Waals surface area contributed by atoms with Gasteiger partial charge >= 0.3 is 5.69 Å². The number of rotatable bonds is 5. The van der Waals surface area contributed by atoms with Gasteiger partial charge in [-0.2, -0.15) is 11.8 Å². The maximum absolute atomic E-state index is 11.8. The van der Waals surface area contributed by atoms with Crippen molar-refractivity contribution in [1.82, 2.24) is 15.3 Å². The van der Waals surface area contributed by atoms with Crippen molar-refractivity contribution in [2.45, 2.75) is 12.3 Å². The number of carbonyl (C=O) groups excluding carboxylic acids is 1. The summed E-state index contributed by atoms with van der Waals surface area (Å²) < 4.78 is 5.35. The minimum atomic E-state index is -0.585. The summed E-state index contributed by atoms with van der Waals surface area (Å²) in [7, 11) is 0. The van der Waals surface area contributed by atoms with Crippen LogP contribution in [0, 0.1) is 0 Å². The minimum Gasteiger partial charge on any atom is -0.455 e. The average molecular weight is 295 g/mol. The molecule has 2 aromatic rings. The number of thioether (sulfide) groups is 1. The van der Waals surface area contributed by atoms with Crippen LogP contribution in [-0.2, 0) is 12.3 Å². The number of furan rings is 1. The van der Waals surface area contributed by atoms with Gasteiger partial charge in [0.1, 0.15) is 5.76 Å². The first-order valence-corrected chi connectivity index (χ1v) is 7.16. The molecule has 0 saturated carbocycles. The van der Waals surface area contributed by atoms with E-state index in [4.69, 9.17) is 4.42 Å². The number of hydrogen-bond donors (Lipinski definition) is 3. The normalized spacial score (nSPS) is 10.4. The smallest absolute Gasteiger partial charge is 0.325 e. The highest BCUT2D eigenvalue weighted by atomic mass is 32.2. The number of aromatic nitrogens is 2. The van der Waals surface area contributed by atoms with E-state index in [1.54, 1.807) is 23.9 Å². The maximum atomic E-state index is 11.8. The van der Waals surface area contributed by atoms with Crippen molar-refractivity contribution in [3.63, 3.8) is 0 Å². The SMILES string of the molecule is CSCc1ccc(C(=O)NCc2c[nH]c(=O)[nH]c2=O)o1. The number of H-pyrrole nitrogens is 2. The van der Waals surface area contributed by atoms with Gasteiger partial charge in [-0.25, -0.2) is 4.79 Å². The third-order valence-corrected chi connectivity index (χ3v) is 3.08. The van der Waals surface area contributed by atoms with E-state index >= 15 is 0 Å². The zero-order valence-electron chi connectivity index (χ0n) is 10.7. The van der Waals surface area contributed by atoms with Gasteiger partial charge in [0, 0.05) is 6.20 Å². The first kappa shape index (κ1) is 14.2. The molecule has 0 atom stereocenters. The van der Waals surface area contributed by atoms with Crippen molar-refractivity contribution < 1.29 is 9.21 Å². The van der Waals surface area contributed by atoms with Crippen molar-refractivity contribution in [1.29, 1.82) is 0 Å². The van der Waals surface area contributed by atoms with E-state index in [9.17, 15) is 14.4 Å². The predicted octanol–water partition coefficient (Wildman–Crippen LogP) is 0.449. The fourth-order valence-corrected chi connectivity index (χ4v) is 1.99. The Hall–Kier alpha value is -2.22. The Morgan fingerprint density at radius 3 is 2.90 bits per heavy atom. The summed E-state index contributed by atoms with van der Waals surface area (Å²) in [5.74, 6) is 1.18. The molecule has 0 bridgehead atoms. The van der Waals surface area contributed by atoms with Crippen molar-refractivity contribution >= 4 is 17.7 Å². The molecule has 0 spiro atoms. The van der Waals surface area contributed by atoms with Crippen LogP contribution in [-0.4, -0.2) is 22.1 Å². The molecule has 20 heavy (non-hydrogen) atoms. The van der Waals surface area contributed by atoms with Crippen LogP contribution >= 0.6 is 11.8 Å². The van der Waals surface area contributed by atoms with Crippen LogP contribution in [0.2, 0.25) is 0 Å². The van der Waals surface area contributed by atoms with Gasteiger partial charge in [-0.3, -0.25) is 14.6 Å². The van der Waals surface area contributed by atoms with E-state index in [1.807, 2.05) is 6.26 Å². The lowest BCUT2D eigenvalue weighted by Crippen LogP contribution is -2.30. The summed E-state index contributed by atoms with van der Waals surface area (Å²) in [5.41, 5.74) is -0.858. The van der Waals surface area contributed by atoms with Crippen molar-refractivity contribution in [3.8, 4) is 0 Å². The van der Waals surface area contributed by atoms with E-state index in [2.05, 4.69) is 15.3 Å². The molecule has 0 aliphatic heterocycles. The highest BCUT2D eigenvalue weighted by Gasteiger charge is 2.11. The Morgan fingerprint density at radius 2 is 2.20 bits per heavy atom. The van der Waals surface area contributed by atoms with E-state index in [1.165, 1.54) is 6.20 Å². The van der Waals surface area contributed by atoms with Crippen LogP contribution in [0.4, 0.5) is 0 Å². The summed E-state index contributed by atoms with van der Waals surface area (Å²) >= 11 is 1.59. The van der Waals surface area contributed by atoms with Gasteiger partial charge in [0.05, 0.1) is 17.9 Å². The lowest BCUT2D eigenvalue weighted by Gasteiger charge is -2.02. The topological polar surface area (TPSA) is 108 Å². The summed E-state index contributed by atoms with van der Waals surface area (Å²) in [4.78, 5) is 38.5. The lowest BCUT2D eigenvalue weighted by molar-refractivity contribution is 0.0921. The van der Waals surface area contributed by atoms with Gasteiger partial charge in [0.2, 0.25) is 0 Å². The van der Waals surface area contributed by atoms with Crippen molar-refractivity contribution in [2.24, 2.45) is 0 Å². The molecule has 3 N–H and O–H groups in total. The third kappa shape index (κ3) is 3.41. The summed E-state index contributed by atoms with van der Waals surface area (Å²) in [5, 5.41) is 2.55. The monoisotopic (exact) mass is 295 g/mol. The fourth-order valence-electron chi connectivity index (χ4n) is 1.55. The third-order valence-electron chi connectivity index (χ3n) is 2.51. The van der Waals surface area contributed by atoms with Gasteiger partial charge in [-0.1, -0.05) is 0 Å². The van der Waals surface area contributed by atoms with Crippen LogP contribution < -0.4 is 16.6 Å². The minimum absolute atomic E-state index is 0.00348. The van der Waals surface area contributed by atoms with Gasteiger partial charge in [0.25, 0.3) is 11.5 Å². The number of aromatic amines is 2. The zero-order chi connectivity index (χ0) is 14.5. The first-order chi connectivity index (χ1) is 9.60. The van der Waals surface area contributed by atoms with Gasteiger partial charge in [-0.15, -0.1) is 0 Å². The van der Waals surface area contributed by atoms with E-state index in [0.29, 0.717) is 11.5 Å². The number of carbonyl (C=O) groups is 1. The molecule has 7 nitrogen and oxygen atoms in total. The molecule has 0 unspecified atom stereocenters. The second-order valence-corrected chi connectivity index (χ2v) is 4.84. The Kier molecular flexibility index (Phi) is 4.46. The lowest BCUT2D eigenvalue weighted by atomic mass is 10.3. The number of nitrogens with one attached hydrogen (secondary N) is 3. The zero-order valence-corrected chi connectivity index (χ0v) is 11.5. The molecule has 106 valence electrons. The highest BCUT2D eigenvalue weighted by Crippen LogP contribution is 2.13. The Labute approximate surface area is 117 Å². The quantitative estimate of drug-likeness (QED) is 0.742. The van der Waals surface area contributed by atoms with Crippen molar-refractivity contribution in [3.05, 3.63) is 56.3 Å². The second-order valence-electron chi connectivity index (χ2n) is 3.98. The molecule has 0 aliphatic carbocycles. The molecule has 0 aliphatic rings. The summed E-state index contributed by atoms with van der Waals surface area (Å²) in [6, 6.07) is 3.32. The predicted molar refractivity (Wildman–Crippen MR) is 74.8 cm³/mol. The van der Waals surface area contributed by atoms with Crippen LogP contribution in [0.5, 0.6) is 0 Å². The Balaban J connectivity index is 2.00. The largest absolute Gasteiger partial charge is 0.455 e. The Morgan fingerprint density at radius 1 is 1.40 bits per heavy atom. The van der Waals surface area contributed by atoms with Crippen LogP contribution in [0.25, 0.3) is 0 Å². The first-order valence-electron chi connectivity index (χ1n) is 5.77. The van der Waals surface area contributed by atoms with Gasteiger partial charge < -0.3 is 14.7 Å². The molecule has 0 saturated heterocycles. The standard InChI is InChI=1S/C12H13N3O4S/c1-20-6-8-2-3-9(19-8)11(17)13-4-7-5-14-12(18)15-10(7)16/h2-3,5H,4,6H2,1H3,(H,13,17)(H2,14,15,16,18). The Bertz CT molecular complexity index is 716. The van der Waals surface area contributed by atoms with Crippen LogP contribution in [0.15, 0.2) is 32.3 Å². The van der Waals surface area contributed by atoms with E-state index < -0.39 is 17.2 Å². The van der Waals surface area contributed by atoms with Crippen LogP contribution in [0.3, 0.4) is 0 Å². The molecular formula is C12H13N3O4S. The molecule has 0 radical (unpaired) electrons. The number of hydrogen-bond acceptors (Lipinski definition) is 5. The van der Waals surface area contributed by atoms with Gasteiger partial charge in [0.15, 0.2) is 5.76 Å². The molecule has 8 heteroatoms. The number of amides is 1.